The molecule has 0 fully saturated rings. The minimum Gasteiger partial charge on any atom is -0.497 e. The average molecular weight is 286 g/mol. The highest BCUT2D eigenvalue weighted by Crippen LogP contribution is 2.27. The first-order valence-electron chi connectivity index (χ1n) is 6.65. The van der Waals surface area contributed by atoms with E-state index in [1.54, 1.807) is 32.4 Å². The van der Waals surface area contributed by atoms with Crippen LogP contribution in [-0.2, 0) is 6.42 Å². The van der Waals surface area contributed by atoms with Gasteiger partial charge in [0.2, 0.25) is 0 Å². The quantitative estimate of drug-likeness (QED) is 0.733. The molecule has 0 atom stereocenters. The van der Waals surface area contributed by atoms with Gasteiger partial charge in [0.05, 0.1) is 20.8 Å². The molecule has 0 bridgehead atoms. The van der Waals surface area contributed by atoms with Gasteiger partial charge in [-0.1, -0.05) is 12.1 Å². The number of carbonyl (C=O) groups is 1. The van der Waals surface area contributed by atoms with Crippen molar-refractivity contribution in [3.63, 3.8) is 0 Å². The topological polar surface area (TPSA) is 44.8 Å². The van der Waals surface area contributed by atoms with Crippen molar-refractivity contribution in [2.24, 2.45) is 0 Å². The highest BCUT2D eigenvalue weighted by molar-refractivity contribution is 5.76. The van der Waals surface area contributed by atoms with Crippen LogP contribution in [-0.4, -0.2) is 27.1 Å². The largest absolute Gasteiger partial charge is 0.497 e. The number of hydrogen-bond acceptors (Lipinski definition) is 4. The zero-order chi connectivity index (χ0) is 15.1. The van der Waals surface area contributed by atoms with E-state index in [4.69, 9.17) is 14.2 Å². The number of carbonyl (C=O) groups excluding carboxylic acids is 1. The van der Waals surface area contributed by atoms with Crippen LogP contribution < -0.4 is 14.2 Å². The van der Waals surface area contributed by atoms with Crippen LogP contribution in [0, 0.1) is 0 Å². The molecule has 2 rings (SSSR count). The molecule has 0 saturated heterocycles. The van der Waals surface area contributed by atoms with E-state index < -0.39 is 0 Å². The molecule has 110 valence electrons. The van der Waals surface area contributed by atoms with E-state index in [-0.39, 0.29) is 0 Å². The number of methoxy groups -OCH3 is 2. The Balaban J connectivity index is 1.97. The van der Waals surface area contributed by atoms with E-state index in [0.29, 0.717) is 23.7 Å². The van der Waals surface area contributed by atoms with Gasteiger partial charge in [-0.25, -0.2) is 0 Å². The molecule has 2 aromatic carbocycles. The van der Waals surface area contributed by atoms with Crippen LogP contribution in [0.2, 0.25) is 0 Å². The Morgan fingerprint density at radius 2 is 1.71 bits per heavy atom. The molecule has 0 aliphatic carbocycles. The van der Waals surface area contributed by atoms with Crippen molar-refractivity contribution in [1.29, 1.82) is 0 Å². The second kappa shape index (κ2) is 7.33. The lowest BCUT2D eigenvalue weighted by Gasteiger charge is -2.11. The average Bonchev–Trinajstić information content (AvgIpc) is 2.55. The Kier molecular flexibility index (Phi) is 5.21. The van der Waals surface area contributed by atoms with Crippen LogP contribution in [0.5, 0.6) is 17.2 Å². The van der Waals surface area contributed by atoms with Crippen LogP contribution in [0.1, 0.15) is 15.9 Å². The molecule has 4 heteroatoms. The fourth-order valence-electron chi connectivity index (χ4n) is 1.95. The van der Waals surface area contributed by atoms with Gasteiger partial charge in [-0.3, -0.25) is 4.79 Å². The predicted molar refractivity (Wildman–Crippen MR) is 80.6 cm³/mol. The van der Waals surface area contributed by atoms with Crippen LogP contribution in [0.3, 0.4) is 0 Å². The summed E-state index contributed by atoms with van der Waals surface area (Å²) >= 11 is 0. The summed E-state index contributed by atoms with van der Waals surface area (Å²) in [5.74, 6) is 2.03. The molecule has 4 nitrogen and oxygen atoms in total. The standard InChI is InChI=1S/C17H18O4/c1-19-15-6-3-13(4-7-15)9-10-21-17-11-14(12-18)5-8-16(17)20-2/h3-8,11-12H,9-10H2,1-2H3. The Morgan fingerprint density at radius 1 is 0.952 bits per heavy atom. The van der Waals surface area contributed by atoms with Crippen LogP contribution in [0.4, 0.5) is 0 Å². The summed E-state index contributed by atoms with van der Waals surface area (Å²) < 4.78 is 16.1. The summed E-state index contributed by atoms with van der Waals surface area (Å²) in [6.45, 7) is 0.505. The first-order chi connectivity index (χ1) is 10.3. The molecule has 0 radical (unpaired) electrons. The molecule has 0 spiro atoms. The molecule has 21 heavy (non-hydrogen) atoms. The number of rotatable bonds is 7. The van der Waals surface area contributed by atoms with E-state index in [0.717, 1.165) is 24.0 Å². The minimum absolute atomic E-state index is 0.505. The molecule has 0 heterocycles. The maximum atomic E-state index is 10.8. The van der Waals surface area contributed by atoms with Gasteiger partial charge in [0.15, 0.2) is 11.5 Å². The van der Waals surface area contributed by atoms with E-state index in [1.165, 1.54) is 0 Å². The van der Waals surface area contributed by atoms with Crippen molar-refractivity contribution in [3.05, 3.63) is 53.6 Å². The SMILES string of the molecule is COc1ccc(CCOc2cc(C=O)ccc2OC)cc1. The smallest absolute Gasteiger partial charge is 0.161 e. The van der Waals surface area contributed by atoms with Gasteiger partial charge < -0.3 is 14.2 Å². The van der Waals surface area contributed by atoms with E-state index in [2.05, 4.69) is 0 Å². The Labute approximate surface area is 124 Å². The molecule has 0 aliphatic rings. The second-order valence-electron chi connectivity index (χ2n) is 4.47. The summed E-state index contributed by atoms with van der Waals surface area (Å²) in [5.41, 5.74) is 1.72. The van der Waals surface area contributed by atoms with E-state index in [1.807, 2.05) is 24.3 Å². The molecule has 0 saturated carbocycles. The fraction of sp³-hybridized carbons (Fsp3) is 0.235. The van der Waals surface area contributed by atoms with Crippen LogP contribution >= 0.6 is 0 Å². The van der Waals surface area contributed by atoms with Gasteiger partial charge in [-0.15, -0.1) is 0 Å². The van der Waals surface area contributed by atoms with Gasteiger partial charge in [0.1, 0.15) is 12.0 Å². The summed E-state index contributed by atoms with van der Waals surface area (Å²) in [5, 5.41) is 0. The first-order valence-corrected chi connectivity index (χ1v) is 6.65. The van der Waals surface area contributed by atoms with Crippen molar-refractivity contribution in [2.75, 3.05) is 20.8 Å². The molecule has 0 aromatic heterocycles. The number of hydrogen-bond donors (Lipinski definition) is 0. The van der Waals surface area contributed by atoms with Crippen LogP contribution in [0.15, 0.2) is 42.5 Å². The fourth-order valence-corrected chi connectivity index (χ4v) is 1.95. The maximum Gasteiger partial charge on any atom is 0.161 e. The van der Waals surface area contributed by atoms with Gasteiger partial charge in [-0.2, -0.15) is 0 Å². The zero-order valence-electron chi connectivity index (χ0n) is 12.2. The summed E-state index contributed by atoms with van der Waals surface area (Å²) in [4.78, 5) is 10.8. The third-order valence-electron chi connectivity index (χ3n) is 3.13. The maximum absolute atomic E-state index is 10.8. The van der Waals surface area contributed by atoms with Crippen molar-refractivity contribution < 1.29 is 19.0 Å². The summed E-state index contributed by atoms with van der Waals surface area (Å²) in [6.07, 6.45) is 1.55. The van der Waals surface area contributed by atoms with E-state index >= 15 is 0 Å². The molecule has 0 N–H and O–H groups in total. The van der Waals surface area contributed by atoms with Crippen molar-refractivity contribution in [1.82, 2.24) is 0 Å². The lowest BCUT2D eigenvalue weighted by Crippen LogP contribution is -2.03. The third kappa shape index (κ3) is 3.99. The molecule has 0 aliphatic heterocycles. The van der Waals surface area contributed by atoms with Gasteiger partial charge in [-0.05, 0) is 35.9 Å². The van der Waals surface area contributed by atoms with Crippen molar-refractivity contribution >= 4 is 6.29 Å². The monoisotopic (exact) mass is 286 g/mol. The minimum atomic E-state index is 0.505. The van der Waals surface area contributed by atoms with Crippen LogP contribution in [0.25, 0.3) is 0 Å². The van der Waals surface area contributed by atoms with E-state index in [9.17, 15) is 4.79 Å². The molecular formula is C17H18O4. The summed E-state index contributed by atoms with van der Waals surface area (Å²) in [7, 11) is 3.22. The van der Waals surface area contributed by atoms with Crippen molar-refractivity contribution in [2.45, 2.75) is 6.42 Å². The van der Waals surface area contributed by atoms with Gasteiger partial charge in [0.25, 0.3) is 0 Å². The molecular weight excluding hydrogens is 268 g/mol. The Hall–Kier alpha value is -2.49. The second-order valence-corrected chi connectivity index (χ2v) is 4.47. The first kappa shape index (κ1) is 14.9. The lowest BCUT2D eigenvalue weighted by atomic mass is 10.1. The predicted octanol–water partition coefficient (Wildman–Crippen LogP) is 3.14. The normalized spacial score (nSPS) is 10.0. The number of ether oxygens (including phenoxy) is 3. The molecule has 2 aromatic rings. The highest BCUT2D eigenvalue weighted by Gasteiger charge is 2.05. The molecule has 0 amide bonds. The highest BCUT2D eigenvalue weighted by atomic mass is 16.5. The number of aldehydes is 1. The van der Waals surface area contributed by atoms with Gasteiger partial charge in [0, 0.05) is 12.0 Å². The molecule has 0 unspecified atom stereocenters. The van der Waals surface area contributed by atoms with Gasteiger partial charge >= 0.3 is 0 Å². The third-order valence-corrected chi connectivity index (χ3v) is 3.13. The lowest BCUT2D eigenvalue weighted by molar-refractivity contribution is 0.112. The number of benzene rings is 2. The van der Waals surface area contributed by atoms with Crippen molar-refractivity contribution in [3.8, 4) is 17.2 Å². The Morgan fingerprint density at radius 3 is 2.33 bits per heavy atom. The zero-order valence-corrected chi connectivity index (χ0v) is 12.2. The Bertz CT molecular complexity index is 590. The summed E-state index contributed by atoms with van der Waals surface area (Å²) in [6, 6.07) is 12.9.